The van der Waals surface area contributed by atoms with E-state index in [0.29, 0.717) is 23.7 Å². The topological polar surface area (TPSA) is 123 Å². The minimum Gasteiger partial charge on any atom is -0.471 e. The lowest BCUT2D eigenvalue weighted by atomic mass is 10.0. The van der Waals surface area contributed by atoms with E-state index in [1.807, 2.05) is 6.07 Å². The number of nitrogens with zero attached hydrogens (tertiary/aromatic N) is 3. The summed E-state index contributed by atoms with van der Waals surface area (Å²) in [5.41, 5.74) is 6.05. The van der Waals surface area contributed by atoms with E-state index in [9.17, 15) is 9.90 Å². The summed E-state index contributed by atoms with van der Waals surface area (Å²) in [4.78, 5) is 22.3. The second-order valence-electron chi connectivity index (χ2n) is 7.25. The van der Waals surface area contributed by atoms with Gasteiger partial charge < -0.3 is 25.2 Å². The molecule has 30 heavy (non-hydrogen) atoms. The molecule has 0 bridgehead atoms. The molecule has 1 aliphatic heterocycles. The van der Waals surface area contributed by atoms with E-state index >= 15 is 0 Å². The fourth-order valence-corrected chi connectivity index (χ4v) is 3.30. The number of aliphatic hydroxyl groups excluding tert-OH is 1. The summed E-state index contributed by atoms with van der Waals surface area (Å²) in [5.74, 6) is 1.43. The number of pyridine rings is 2. The standard InChI is InChI=1S/C21H29N5O4/c1-3-29-21(28)15-4-7-19(24-12-15)26-10-8-16(9-11-26)25-20(14(2)27)30-17-5-6-18(22)23-13-17/h4-7,12-14,16,20,25,27H,3,8-11H2,1-2H3,(H2,22,23). The number of carbonyl (C=O) groups excluding carboxylic acids is 1. The minimum absolute atomic E-state index is 0.196. The van der Waals surface area contributed by atoms with Crippen molar-refractivity contribution in [3.63, 3.8) is 0 Å². The van der Waals surface area contributed by atoms with Gasteiger partial charge in [0, 0.05) is 25.3 Å². The highest BCUT2D eigenvalue weighted by atomic mass is 16.5. The van der Waals surface area contributed by atoms with Crippen LogP contribution in [0.5, 0.6) is 5.75 Å². The molecule has 0 amide bonds. The summed E-state index contributed by atoms with van der Waals surface area (Å²) in [6.45, 7) is 5.41. The predicted molar refractivity (Wildman–Crippen MR) is 113 cm³/mol. The first kappa shape index (κ1) is 21.8. The SMILES string of the molecule is CCOC(=O)c1ccc(N2CCC(NC(Oc3ccc(N)nc3)C(C)O)CC2)nc1. The molecule has 0 aromatic carbocycles. The Balaban J connectivity index is 1.52. The molecule has 0 spiro atoms. The van der Waals surface area contributed by atoms with Crippen LogP contribution >= 0.6 is 0 Å². The van der Waals surface area contributed by atoms with Crippen molar-refractivity contribution < 1.29 is 19.4 Å². The number of ether oxygens (including phenoxy) is 2. The van der Waals surface area contributed by atoms with Crippen molar-refractivity contribution in [2.45, 2.75) is 45.1 Å². The number of nitrogen functional groups attached to an aromatic ring is 1. The molecule has 1 aliphatic rings. The number of aliphatic hydroxyl groups is 1. The van der Waals surface area contributed by atoms with Crippen molar-refractivity contribution in [2.24, 2.45) is 0 Å². The molecule has 2 unspecified atom stereocenters. The Labute approximate surface area is 176 Å². The van der Waals surface area contributed by atoms with Crippen molar-refractivity contribution in [3.8, 4) is 5.75 Å². The number of anilines is 2. The van der Waals surface area contributed by atoms with Crippen LogP contribution < -0.4 is 20.7 Å². The third-order valence-electron chi connectivity index (χ3n) is 4.94. The number of carbonyl (C=O) groups is 1. The average molecular weight is 415 g/mol. The molecule has 9 nitrogen and oxygen atoms in total. The highest BCUT2D eigenvalue weighted by molar-refractivity contribution is 5.89. The first-order valence-electron chi connectivity index (χ1n) is 10.2. The normalized spacial score (nSPS) is 16.7. The highest BCUT2D eigenvalue weighted by Crippen LogP contribution is 2.20. The number of nitrogens with one attached hydrogen (secondary N) is 1. The number of piperidine rings is 1. The van der Waals surface area contributed by atoms with Gasteiger partial charge in [0.1, 0.15) is 23.5 Å². The van der Waals surface area contributed by atoms with Crippen LogP contribution in [0.3, 0.4) is 0 Å². The first-order chi connectivity index (χ1) is 14.5. The maximum absolute atomic E-state index is 11.8. The maximum Gasteiger partial charge on any atom is 0.339 e. The van der Waals surface area contributed by atoms with Crippen LogP contribution in [0.2, 0.25) is 0 Å². The summed E-state index contributed by atoms with van der Waals surface area (Å²) in [7, 11) is 0. The number of aromatic nitrogens is 2. The highest BCUT2D eigenvalue weighted by Gasteiger charge is 2.25. The third-order valence-corrected chi connectivity index (χ3v) is 4.94. The molecule has 9 heteroatoms. The van der Waals surface area contributed by atoms with Crippen LogP contribution in [0.4, 0.5) is 11.6 Å². The Hall–Kier alpha value is -2.91. The Morgan fingerprint density at radius 2 is 2.03 bits per heavy atom. The van der Waals surface area contributed by atoms with E-state index in [2.05, 4.69) is 20.2 Å². The molecular weight excluding hydrogens is 386 g/mol. The molecule has 1 fully saturated rings. The van der Waals surface area contributed by atoms with Crippen molar-refractivity contribution in [1.82, 2.24) is 15.3 Å². The fourth-order valence-electron chi connectivity index (χ4n) is 3.30. The lowest BCUT2D eigenvalue weighted by Crippen LogP contribution is -2.52. The van der Waals surface area contributed by atoms with Gasteiger partial charge in [-0.1, -0.05) is 0 Å². The van der Waals surface area contributed by atoms with E-state index in [0.717, 1.165) is 31.7 Å². The van der Waals surface area contributed by atoms with Gasteiger partial charge in [-0.15, -0.1) is 0 Å². The van der Waals surface area contributed by atoms with E-state index in [4.69, 9.17) is 15.2 Å². The molecule has 0 aliphatic carbocycles. The minimum atomic E-state index is -0.697. The number of hydrogen-bond donors (Lipinski definition) is 3. The molecule has 3 rings (SSSR count). The monoisotopic (exact) mass is 415 g/mol. The third kappa shape index (κ3) is 5.80. The van der Waals surface area contributed by atoms with E-state index in [1.54, 1.807) is 44.4 Å². The fraction of sp³-hybridized carbons (Fsp3) is 0.476. The van der Waals surface area contributed by atoms with Gasteiger partial charge >= 0.3 is 5.97 Å². The lowest BCUT2D eigenvalue weighted by molar-refractivity contribution is 0.0169. The molecule has 0 radical (unpaired) electrons. The summed E-state index contributed by atoms with van der Waals surface area (Å²) >= 11 is 0. The number of hydrogen-bond acceptors (Lipinski definition) is 9. The van der Waals surface area contributed by atoms with Gasteiger partial charge in [-0.2, -0.15) is 0 Å². The van der Waals surface area contributed by atoms with Crippen LogP contribution in [0, 0.1) is 0 Å². The second-order valence-corrected chi connectivity index (χ2v) is 7.25. The van der Waals surface area contributed by atoms with Gasteiger partial charge in [0.05, 0.1) is 18.4 Å². The molecule has 3 heterocycles. The van der Waals surface area contributed by atoms with E-state index in [-0.39, 0.29) is 12.0 Å². The van der Waals surface area contributed by atoms with Gasteiger partial charge in [0.15, 0.2) is 6.23 Å². The molecule has 2 aromatic heterocycles. The molecular formula is C21H29N5O4. The van der Waals surface area contributed by atoms with Gasteiger partial charge in [-0.3, -0.25) is 5.32 Å². The first-order valence-corrected chi connectivity index (χ1v) is 10.2. The van der Waals surface area contributed by atoms with Gasteiger partial charge in [0.2, 0.25) is 0 Å². The zero-order valence-electron chi connectivity index (χ0n) is 17.3. The summed E-state index contributed by atoms with van der Waals surface area (Å²) in [5, 5.41) is 13.5. The van der Waals surface area contributed by atoms with Crippen LogP contribution in [0.15, 0.2) is 36.7 Å². The van der Waals surface area contributed by atoms with Crippen molar-refractivity contribution in [1.29, 1.82) is 0 Å². The Morgan fingerprint density at radius 1 is 1.27 bits per heavy atom. The molecule has 4 N–H and O–H groups in total. The Bertz CT molecular complexity index is 805. The Morgan fingerprint density at radius 3 is 2.60 bits per heavy atom. The van der Waals surface area contributed by atoms with E-state index < -0.39 is 12.3 Å². The van der Waals surface area contributed by atoms with Crippen LogP contribution in [0.1, 0.15) is 37.0 Å². The number of esters is 1. The van der Waals surface area contributed by atoms with E-state index in [1.165, 1.54) is 0 Å². The summed E-state index contributed by atoms with van der Waals surface area (Å²) in [6, 6.07) is 7.17. The van der Waals surface area contributed by atoms with Crippen LogP contribution in [-0.2, 0) is 4.74 Å². The molecule has 2 aromatic rings. The van der Waals surface area contributed by atoms with Crippen molar-refractivity contribution in [2.75, 3.05) is 30.3 Å². The Kier molecular flexibility index (Phi) is 7.42. The van der Waals surface area contributed by atoms with Crippen LogP contribution in [-0.4, -0.2) is 59.1 Å². The number of nitrogens with two attached hydrogens (primary N) is 1. The molecule has 2 atom stereocenters. The molecule has 1 saturated heterocycles. The molecule has 162 valence electrons. The summed E-state index contributed by atoms with van der Waals surface area (Å²) < 4.78 is 10.8. The lowest BCUT2D eigenvalue weighted by Gasteiger charge is -2.35. The summed E-state index contributed by atoms with van der Waals surface area (Å²) in [6.07, 6.45) is 3.59. The smallest absolute Gasteiger partial charge is 0.339 e. The van der Waals surface area contributed by atoms with Crippen molar-refractivity contribution >= 4 is 17.6 Å². The quantitative estimate of drug-likeness (QED) is 0.435. The average Bonchev–Trinajstić information content (AvgIpc) is 2.75. The second kappa shape index (κ2) is 10.2. The van der Waals surface area contributed by atoms with Crippen LogP contribution in [0.25, 0.3) is 0 Å². The van der Waals surface area contributed by atoms with Gasteiger partial charge in [-0.25, -0.2) is 14.8 Å². The maximum atomic E-state index is 11.8. The largest absolute Gasteiger partial charge is 0.471 e. The van der Waals surface area contributed by atoms with Crippen molar-refractivity contribution in [3.05, 3.63) is 42.2 Å². The predicted octanol–water partition coefficient (Wildman–Crippen LogP) is 1.58. The van der Waals surface area contributed by atoms with Gasteiger partial charge in [-0.05, 0) is 51.0 Å². The zero-order valence-corrected chi connectivity index (χ0v) is 17.3. The zero-order chi connectivity index (χ0) is 21.5. The number of rotatable bonds is 8. The molecule has 0 saturated carbocycles. The van der Waals surface area contributed by atoms with Gasteiger partial charge in [0.25, 0.3) is 0 Å².